The number of aromatic nitrogens is 3. The number of hydrogen-bond acceptors (Lipinski definition) is 6. The monoisotopic (exact) mass is 304 g/mol. The summed E-state index contributed by atoms with van der Waals surface area (Å²) in [6.45, 7) is 7.65. The molecule has 0 bridgehead atoms. The number of aryl methyl sites for hydroxylation is 2. The molecule has 1 aliphatic heterocycles. The van der Waals surface area contributed by atoms with Crippen LogP contribution in [0.3, 0.4) is 0 Å². The molecule has 2 aromatic heterocycles. The molecule has 2 aromatic rings. The van der Waals surface area contributed by atoms with Crippen LogP contribution in [-0.2, 0) is 0 Å². The molecule has 0 amide bonds. The zero-order chi connectivity index (χ0) is 15.7. The first-order valence-electron chi connectivity index (χ1n) is 7.59. The van der Waals surface area contributed by atoms with Crippen LogP contribution >= 0.6 is 0 Å². The third-order valence-electron chi connectivity index (χ3n) is 3.79. The maximum atomic E-state index is 13.8. The summed E-state index contributed by atoms with van der Waals surface area (Å²) >= 11 is 0. The Morgan fingerprint density at radius 1 is 1.27 bits per heavy atom. The van der Waals surface area contributed by atoms with Crippen LogP contribution in [0.2, 0.25) is 0 Å². The summed E-state index contributed by atoms with van der Waals surface area (Å²) in [5.74, 6) is 1.15. The Morgan fingerprint density at radius 2 is 2.09 bits per heavy atom. The van der Waals surface area contributed by atoms with Crippen molar-refractivity contribution in [3.8, 4) is 0 Å². The van der Waals surface area contributed by atoms with Crippen molar-refractivity contribution in [1.82, 2.24) is 20.3 Å². The Kier molecular flexibility index (Phi) is 4.06. The fourth-order valence-corrected chi connectivity index (χ4v) is 2.79. The van der Waals surface area contributed by atoms with E-state index in [4.69, 9.17) is 0 Å². The lowest BCUT2D eigenvalue weighted by Gasteiger charge is -2.16. The Morgan fingerprint density at radius 3 is 2.77 bits per heavy atom. The molecule has 0 saturated carbocycles. The Hall–Kier alpha value is -2.02. The van der Waals surface area contributed by atoms with Crippen molar-refractivity contribution in [2.24, 2.45) is 0 Å². The highest BCUT2D eigenvalue weighted by molar-refractivity contribution is 5.90. The standard InChI is InChI=1S/C15H21FN6/c1-4-18-13-12-8(2)5-9(3)19-14(12)22-15(21-13)20-11-7-17-6-10(11)16/h5,10-11,17H,4,6-7H2,1-3H3,(H2,18,19,20,21,22)/t10-,11-/m0/s1. The zero-order valence-electron chi connectivity index (χ0n) is 13.1. The average molecular weight is 304 g/mol. The van der Waals surface area contributed by atoms with Crippen LogP contribution in [0, 0.1) is 13.8 Å². The summed E-state index contributed by atoms with van der Waals surface area (Å²) in [4.78, 5) is 13.5. The number of pyridine rings is 1. The van der Waals surface area contributed by atoms with Crippen LogP contribution in [-0.4, -0.2) is 46.8 Å². The van der Waals surface area contributed by atoms with Crippen LogP contribution < -0.4 is 16.0 Å². The van der Waals surface area contributed by atoms with Gasteiger partial charge >= 0.3 is 0 Å². The summed E-state index contributed by atoms with van der Waals surface area (Å²) in [5.41, 5.74) is 2.62. The van der Waals surface area contributed by atoms with E-state index in [1.807, 2.05) is 26.8 Å². The van der Waals surface area contributed by atoms with E-state index in [0.717, 1.165) is 29.0 Å². The minimum absolute atomic E-state index is 0.308. The molecule has 0 unspecified atom stereocenters. The van der Waals surface area contributed by atoms with Gasteiger partial charge in [-0.25, -0.2) is 9.37 Å². The molecule has 1 fully saturated rings. The maximum Gasteiger partial charge on any atom is 0.227 e. The van der Waals surface area contributed by atoms with Gasteiger partial charge in [-0.05, 0) is 32.4 Å². The number of halogens is 1. The number of rotatable bonds is 4. The second kappa shape index (κ2) is 6.00. The second-order valence-corrected chi connectivity index (χ2v) is 5.63. The van der Waals surface area contributed by atoms with Crippen molar-refractivity contribution in [1.29, 1.82) is 0 Å². The van der Waals surface area contributed by atoms with Crippen molar-refractivity contribution in [2.75, 3.05) is 30.3 Å². The molecular weight excluding hydrogens is 283 g/mol. The van der Waals surface area contributed by atoms with Crippen LogP contribution in [0.15, 0.2) is 6.07 Å². The molecule has 2 atom stereocenters. The quantitative estimate of drug-likeness (QED) is 0.800. The van der Waals surface area contributed by atoms with Crippen molar-refractivity contribution in [2.45, 2.75) is 33.0 Å². The van der Waals surface area contributed by atoms with Gasteiger partial charge in [0.1, 0.15) is 12.0 Å². The molecule has 0 spiro atoms. The average Bonchev–Trinajstić information content (AvgIpc) is 2.83. The molecule has 22 heavy (non-hydrogen) atoms. The topological polar surface area (TPSA) is 74.8 Å². The van der Waals surface area contributed by atoms with Crippen LogP contribution in [0.5, 0.6) is 0 Å². The molecule has 0 radical (unpaired) electrons. The fourth-order valence-electron chi connectivity index (χ4n) is 2.79. The first-order chi connectivity index (χ1) is 10.6. The van der Waals surface area contributed by atoms with Crippen LogP contribution in [0.4, 0.5) is 16.2 Å². The zero-order valence-corrected chi connectivity index (χ0v) is 13.1. The van der Waals surface area contributed by atoms with E-state index in [2.05, 4.69) is 30.9 Å². The normalized spacial score (nSPS) is 21.3. The first-order valence-corrected chi connectivity index (χ1v) is 7.59. The SMILES string of the molecule is CCNc1nc(N[C@H]2CNC[C@@H]2F)nc2nc(C)cc(C)c12. The molecule has 118 valence electrons. The molecule has 3 heterocycles. The summed E-state index contributed by atoms with van der Waals surface area (Å²) in [7, 11) is 0. The lowest BCUT2D eigenvalue weighted by atomic mass is 10.1. The van der Waals surface area contributed by atoms with Gasteiger partial charge in [0.2, 0.25) is 5.95 Å². The van der Waals surface area contributed by atoms with Gasteiger partial charge < -0.3 is 16.0 Å². The van der Waals surface area contributed by atoms with Crippen molar-refractivity contribution in [3.63, 3.8) is 0 Å². The third kappa shape index (κ3) is 2.81. The van der Waals surface area contributed by atoms with Gasteiger partial charge in [0, 0.05) is 25.3 Å². The largest absolute Gasteiger partial charge is 0.370 e. The van der Waals surface area contributed by atoms with Gasteiger partial charge in [-0.3, -0.25) is 0 Å². The smallest absolute Gasteiger partial charge is 0.227 e. The number of anilines is 2. The molecule has 3 rings (SSSR count). The van der Waals surface area contributed by atoms with E-state index in [1.54, 1.807) is 0 Å². The van der Waals surface area contributed by atoms with E-state index in [-0.39, 0.29) is 6.04 Å². The lowest BCUT2D eigenvalue weighted by molar-refractivity contribution is 0.342. The maximum absolute atomic E-state index is 13.8. The van der Waals surface area contributed by atoms with Crippen LogP contribution in [0.1, 0.15) is 18.2 Å². The van der Waals surface area contributed by atoms with E-state index >= 15 is 0 Å². The van der Waals surface area contributed by atoms with Crippen molar-refractivity contribution in [3.05, 3.63) is 17.3 Å². The van der Waals surface area contributed by atoms with E-state index in [0.29, 0.717) is 24.7 Å². The molecule has 3 N–H and O–H groups in total. The number of alkyl halides is 1. The molecule has 7 heteroatoms. The van der Waals surface area contributed by atoms with Gasteiger partial charge in [-0.1, -0.05) is 0 Å². The minimum Gasteiger partial charge on any atom is -0.370 e. The summed E-state index contributed by atoms with van der Waals surface area (Å²) in [6, 6.07) is 1.70. The highest BCUT2D eigenvalue weighted by Crippen LogP contribution is 2.25. The van der Waals surface area contributed by atoms with Gasteiger partial charge in [0.25, 0.3) is 0 Å². The van der Waals surface area contributed by atoms with E-state index in [9.17, 15) is 4.39 Å². The summed E-state index contributed by atoms with van der Waals surface area (Å²) < 4.78 is 13.8. The second-order valence-electron chi connectivity index (χ2n) is 5.63. The number of hydrogen-bond donors (Lipinski definition) is 3. The predicted molar refractivity (Wildman–Crippen MR) is 86.1 cm³/mol. The number of nitrogens with one attached hydrogen (secondary N) is 3. The molecule has 0 aliphatic carbocycles. The fraction of sp³-hybridized carbons (Fsp3) is 0.533. The number of nitrogens with zero attached hydrogens (tertiary/aromatic N) is 3. The third-order valence-corrected chi connectivity index (χ3v) is 3.79. The summed E-state index contributed by atoms with van der Waals surface area (Å²) in [6.07, 6.45) is -0.936. The van der Waals surface area contributed by atoms with Crippen LogP contribution in [0.25, 0.3) is 11.0 Å². The molecule has 1 aliphatic rings. The highest BCUT2D eigenvalue weighted by atomic mass is 19.1. The molecule has 6 nitrogen and oxygen atoms in total. The van der Waals surface area contributed by atoms with Crippen molar-refractivity contribution >= 4 is 22.8 Å². The lowest BCUT2D eigenvalue weighted by Crippen LogP contribution is -2.30. The van der Waals surface area contributed by atoms with E-state index in [1.165, 1.54) is 0 Å². The van der Waals surface area contributed by atoms with Gasteiger partial charge in [-0.15, -0.1) is 0 Å². The van der Waals surface area contributed by atoms with Gasteiger partial charge in [-0.2, -0.15) is 9.97 Å². The Balaban J connectivity index is 2.04. The molecule has 1 saturated heterocycles. The first kappa shape index (κ1) is 14.9. The molecule has 0 aromatic carbocycles. The Bertz CT molecular complexity index is 689. The van der Waals surface area contributed by atoms with Gasteiger partial charge in [0.05, 0.1) is 11.4 Å². The molecular formula is C15H21FN6. The van der Waals surface area contributed by atoms with Gasteiger partial charge in [0.15, 0.2) is 5.65 Å². The highest BCUT2D eigenvalue weighted by Gasteiger charge is 2.27. The predicted octanol–water partition coefficient (Wildman–Crippen LogP) is 1.80. The Labute approximate surface area is 129 Å². The van der Waals surface area contributed by atoms with Crippen molar-refractivity contribution < 1.29 is 4.39 Å². The van der Waals surface area contributed by atoms with E-state index < -0.39 is 6.17 Å². The number of fused-ring (bicyclic) bond motifs is 1. The minimum atomic E-state index is -0.936. The summed E-state index contributed by atoms with van der Waals surface area (Å²) in [5, 5.41) is 10.3.